The summed E-state index contributed by atoms with van der Waals surface area (Å²) in [6.07, 6.45) is 7.50. The van der Waals surface area contributed by atoms with E-state index in [0.717, 1.165) is 12.8 Å². The average Bonchev–Trinajstić information content (AvgIpc) is 1.83. The van der Waals surface area contributed by atoms with Gasteiger partial charge in [-0.2, -0.15) is 0 Å². The fraction of sp³-hybridized carbons (Fsp3) is 0.286. The lowest BCUT2D eigenvalue weighted by Crippen LogP contribution is -1.83. The van der Waals surface area contributed by atoms with Crippen molar-refractivity contribution in [2.45, 2.75) is 12.8 Å². The van der Waals surface area contributed by atoms with Crippen LogP contribution in [0.1, 0.15) is 12.8 Å². The van der Waals surface area contributed by atoms with Crippen LogP contribution in [0.2, 0.25) is 0 Å². The van der Waals surface area contributed by atoms with Crippen molar-refractivity contribution in [1.82, 2.24) is 0 Å². The molecule has 0 aromatic heterocycles. The Bertz CT molecular complexity index is 204. The number of rotatable bonds is 0. The van der Waals surface area contributed by atoms with E-state index in [1.54, 1.807) is 6.08 Å². The lowest BCUT2D eigenvalue weighted by molar-refractivity contribution is 1.04. The van der Waals surface area contributed by atoms with Crippen molar-refractivity contribution in [3.05, 3.63) is 23.4 Å². The summed E-state index contributed by atoms with van der Waals surface area (Å²) < 4.78 is 0. The molecule has 0 spiro atoms. The van der Waals surface area contributed by atoms with Crippen molar-refractivity contribution < 1.29 is 0 Å². The maximum Gasteiger partial charge on any atom is 0.130 e. The number of hydrogen-bond acceptors (Lipinski definition) is 1. The predicted octanol–water partition coefficient (Wildman–Crippen LogP) is 3.05. The maximum absolute atomic E-state index is 5.64. The minimum Gasteiger partial charge on any atom is -0.225 e. The van der Waals surface area contributed by atoms with E-state index in [2.05, 4.69) is 4.99 Å². The van der Waals surface area contributed by atoms with Crippen LogP contribution in [0.4, 0.5) is 0 Å². The summed E-state index contributed by atoms with van der Waals surface area (Å²) in [7, 11) is 0. The van der Waals surface area contributed by atoms with Crippen LogP contribution in [-0.2, 0) is 0 Å². The predicted molar refractivity (Wildman–Crippen MR) is 45.6 cm³/mol. The van der Waals surface area contributed by atoms with Gasteiger partial charge in [-0.15, -0.1) is 0 Å². The molecular formula is C7H7Cl2N. The van der Waals surface area contributed by atoms with Gasteiger partial charge in [-0.05, 0) is 25.0 Å². The van der Waals surface area contributed by atoms with E-state index in [4.69, 9.17) is 23.2 Å². The first-order chi connectivity index (χ1) is 4.79. The van der Waals surface area contributed by atoms with Gasteiger partial charge in [-0.25, -0.2) is 4.99 Å². The van der Waals surface area contributed by atoms with Crippen LogP contribution in [0.5, 0.6) is 0 Å². The van der Waals surface area contributed by atoms with Gasteiger partial charge in [0, 0.05) is 0 Å². The summed E-state index contributed by atoms with van der Waals surface area (Å²) in [4.78, 5) is 3.86. The van der Waals surface area contributed by atoms with Gasteiger partial charge < -0.3 is 0 Å². The van der Waals surface area contributed by atoms with E-state index in [-0.39, 0.29) is 0 Å². The zero-order valence-electron chi connectivity index (χ0n) is 5.35. The molecule has 0 saturated heterocycles. The second-order valence-corrected chi connectivity index (χ2v) is 2.72. The van der Waals surface area contributed by atoms with Crippen molar-refractivity contribution in [2.75, 3.05) is 0 Å². The first-order valence-electron chi connectivity index (χ1n) is 3.05. The topological polar surface area (TPSA) is 12.4 Å². The zero-order valence-corrected chi connectivity index (χ0v) is 6.86. The van der Waals surface area contributed by atoms with Crippen LogP contribution < -0.4 is 0 Å². The van der Waals surface area contributed by atoms with Crippen molar-refractivity contribution >= 4 is 28.4 Å². The third kappa shape index (κ3) is 2.54. The minimum atomic E-state index is 0.445. The Kier molecular flexibility index (Phi) is 2.97. The molecule has 1 aliphatic heterocycles. The third-order valence-electron chi connectivity index (χ3n) is 1.12. The van der Waals surface area contributed by atoms with E-state index in [0.29, 0.717) is 10.3 Å². The average molecular weight is 176 g/mol. The highest BCUT2D eigenvalue weighted by Gasteiger charge is 1.93. The van der Waals surface area contributed by atoms with Gasteiger partial charge in [0.15, 0.2) is 0 Å². The molecule has 10 heavy (non-hydrogen) atoms. The summed E-state index contributed by atoms with van der Waals surface area (Å²) in [5.74, 6) is 0. The number of allylic oxidation sites excluding steroid dienone is 3. The Balaban J connectivity index is 2.79. The maximum atomic E-state index is 5.64. The largest absolute Gasteiger partial charge is 0.225 e. The summed E-state index contributed by atoms with van der Waals surface area (Å²) >= 11 is 11.3. The molecular weight excluding hydrogens is 169 g/mol. The van der Waals surface area contributed by atoms with Crippen LogP contribution in [0, 0.1) is 0 Å². The van der Waals surface area contributed by atoms with Crippen LogP contribution in [0.15, 0.2) is 28.4 Å². The lowest BCUT2D eigenvalue weighted by Gasteiger charge is -1.95. The molecule has 0 radical (unpaired) electrons. The molecule has 0 atom stereocenters. The van der Waals surface area contributed by atoms with Crippen LogP contribution >= 0.6 is 23.2 Å². The van der Waals surface area contributed by atoms with E-state index in [1.807, 2.05) is 12.2 Å². The second kappa shape index (κ2) is 3.79. The lowest BCUT2D eigenvalue weighted by atomic mass is 10.3. The normalized spacial score (nSPS) is 19.0. The van der Waals surface area contributed by atoms with E-state index < -0.39 is 0 Å². The highest BCUT2D eigenvalue weighted by atomic mass is 35.5. The van der Waals surface area contributed by atoms with Gasteiger partial charge in [0.2, 0.25) is 0 Å². The quantitative estimate of drug-likeness (QED) is 0.503. The Morgan fingerprint density at radius 1 is 1.30 bits per heavy atom. The molecule has 1 aliphatic rings. The van der Waals surface area contributed by atoms with Crippen molar-refractivity contribution in [2.24, 2.45) is 4.99 Å². The summed E-state index contributed by atoms with van der Waals surface area (Å²) in [5.41, 5.74) is 0. The highest BCUT2D eigenvalue weighted by Crippen LogP contribution is 2.11. The molecule has 0 bridgehead atoms. The first kappa shape index (κ1) is 7.83. The van der Waals surface area contributed by atoms with E-state index in [9.17, 15) is 0 Å². The summed E-state index contributed by atoms with van der Waals surface area (Å²) in [5, 5.41) is 0.926. The standard InChI is InChI=1S/C7H7Cl2N/c8-6-4-2-1-3-5-7(9)10-6/h2,4-5H,1,3H2. The molecule has 0 saturated carbocycles. The number of halogens is 2. The Morgan fingerprint density at radius 3 is 2.90 bits per heavy atom. The van der Waals surface area contributed by atoms with Gasteiger partial charge in [0.25, 0.3) is 0 Å². The Morgan fingerprint density at radius 2 is 2.10 bits per heavy atom. The number of nitrogens with zero attached hydrogens (tertiary/aromatic N) is 1. The van der Waals surface area contributed by atoms with Crippen LogP contribution in [-0.4, -0.2) is 5.17 Å². The van der Waals surface area contributed by atoms with Gasteiger partial charge in [-0.3, -0.25) is 0 Å². The summed E-state index contributed by atoms with van der Waals surface area (Å²) in [6.45, 7) is 0. The van der Waals surface area contributed by atoms with Crippen LogP contribution in [0.25, 0.3) is 0 Å². The molecule has 0 amide bonds. The van der Waals surface area contributed by atoms with Gasteiger partial charge in [-0.1, -0.05) is 29.3 Å². The third-order valence-corrected chi connectivity index (χ3v) is 1.56. The number of hydrogen-bond donors (Lipinski definition) is 0. The SMILES string of the molecule is ClC1=CCCC=CC(Cl)=N1. The summed E-state index contributed by atoms with van der Waals surface area (Å²) in [6, 6.07) is 0. The molecule has 0 N–H and O–H groups in total. The smallest absolute Gasteiger partial charge is 0.130 e. The molecule has 0 aliphatic carbocycles. The van der Waals surface area contributed by atoms with E-state index >= 15 is 0 Å². The Hall–Kier alpha value is -0.270. The van der Waals surface area contributed by atoms with Crippen molar-refractivity contribution in [3.8, 4) is 0 Å². The van der Waals surface area contributed by atoms with Gasteiger partial charge in [0.1, 0.15) is 10.3 Å². The zero-order chi connectivity index (χ0) is 7.40. The fourth-order valence-electron chi connectivity index (χ4n) is 0.664. The molecule has 0 aromatic rings. The van der Waals surface area contributed by atoms with Gasteiger partial charge in [0.05, 0.1) is 0 Å². The first-order valence-corrected chi connectivity index (χ1v) is 3.81. The van der Waals surface area contributed by atoms with Gasteiger partial charge >= 0.3 is 0 Å². The molecule has 1 heterocycles. The molecule has 54 valence electrons. The monoisotopic (exact) mass is 175 g/mol. The van der Waals surface area contributed by atoms with E-state index in [1.165, 1.54) is 0 Å². The minimum absolute atomic E-state index is 0.445. The highest BCUT2D eigenvalue weighted by molar-refractivity contribution is 6.68. The van der Waals surface area contributed by atoms with Crippen molar-refractivity contribution in [1.29, 1.82) is 0 Å². The molecule has 0 unspecified atom stereocenters. The fourth-order valence-corrected chi connectivity index (χ4v) is 1.09. The second-order valence-electron chi connectivity index (χ2n) is 1.94. The molecule has 1 nitrogen and oxygen atoms in total. The molecule has 3 heteroatoms. The van der Waals surface area contributed by atoms with Crippen LogP contribution in [0.3, 0.4) is 0 Å². The molecule has 1 rings (SSSR count). The number of aliphatic imine (C=N–C) groups is 1. The van der Waals surface area contributed by atoms with Crippen molar-refractivity contribution in [3.63, 3.8) is 0 Å². The Labute approximate surface area is 70.0 Å². The molecule has 0 aromatic carbocycles. The molecule has 0 fully saturated rings.